The summed E-state index contributed by atoms with van der Waals surface area (Å²) in [5.41, 5.74) is 2.12. The molecule has 5 heteroatoms. The summed E-state index contributed by atoms with van der Waals surface area (Å²) >= 11 is 0. The fraction of sp³-hybridized carbons (Fsp3) is 0.318. The van der Waals surface area contributed by atoms with Gasteiger partial charge in [-0.2, -0.15) is 0 Å². The van der Waals surface area contributed by atoms with Crippen LogP contribution in [0.2, 0.25) is 0 Å². The molecule has 0 aliphatic carbocycles. The van der Waals surface area contributed by atoms with Crippen molar-refractivity contribution in [3.05, 3.63) is 84.1 Å². The highest BCUT2D eigenvalue weighted by Gasteiger charge is 2.35. The zero-order chi connectivity index (χ0) is 18.9. The molecule has 0 saturated carbocycles. The van der Waals surface area contributed by atoms with Gasteiger partial charge in [0.2, 0.25) is 0 Å². The van der Waals surface area contributed by atoms with E-state index in [1.165, 1.54) is 6.92 Å². The van der Waals surface area contributed by atoms with E-state index in [2.05, 4.69) is 0 Å². The molecule has 0 N–H and O–H groups in total. The average molecular weight is 368 g/mol. The predicted octanol–water partition coefficient (Wildman–Crippen LogP) is 3.63. The number of carbonyl (C=O) groups is 1. The molecule has 3 atom stereocenters. The second kappa shape index (κ2) is 9.90. The molecule has 27 heavy (non-hydrogen) atoms. The number of hydrogen-bond acceptors (Lipinski definition) is 5. The van der Waals surface area contributed by atoms with Crippen LogP contribution in [0.15, 0.2) is 73.0 Å². The molecule has 1 aliphatic heterocycles. The lowest BCUT2D eigenvalue weighted by Crippen LogP contribution is -2.46. The summed E-state index contributed by atoms with van der Waals surface area (Å²) in [4.78, 5) is 11.5. The highest BCUT2D eigenvalue weighted by atomic mass is 16.6. The summed E-state index contributed by atoms with van der Waals surface area (Å²) in [5.74, 6) is -0.358. The van der Waals surface area contributed by atoms with Crippen LogP contribution in [-0.2, 0) is 37.0 Å². The Bertz CT molecular complexity index is 729. The van der Waals surface area contributed by atoms with Crippen molar-refractivity contribution in [3.63, 3.8) is 0 Å². The van der Waals surface area contributed by atoms with Crippen LogP contribution in [0.1, 0.15) is 18.1 Å². The molecule has 0 radical (unpaired) electrons. The molecule has 3 rings (SSSR count). The first-order chi connectivity index (χ1) is 13.2. The van der Waals surface area contributed by atoms with Gasteiger partial charge in [-0.05, 0) is 17.2 Å². The van der Waals surface area contributed by atoms with Crippen molar-refractivity contribution in [2.45, 2.75) is 38.4 Å². The van der Waals surface area contributed by atoms with E-state index in [4.69, 9.17) is 18.9 Å². The minimum atomic E-state index is -0.509. The van der Waals surface area contributed by atoms with Gasteiger partial charge < -0.3 is 18.9 Å². The van der Waals surface area contributed by atoms with Crippen LogP contribution in [0.5, 0.6) is 0 Å². The lowest BCUT2D eigenvalue weighted by molar-refractivity contribution is -0.167. The zero-order valence-corrected chi connectivity index (χ0v) is 15.3. The van der Waals surface area contributed by atoms with Gasteiger partial charge in [0.1, 0.15) is 6.10 Å². The van der Waals surface area contributed by atoms with Gasteiger partial charge in [-0.3, -0.25) is 4.79 Å². The summed E-state index contributed by atoms with van der Waals surface area (Å²) in [7, 11) is 0. The van der Waals surface area contributed by atoms with Crippen LogP contribution in [0, 0.1) is 0 Å². The third kappa shape index (κ3) is 5.94. The molecule has 0 unspecified atom stereocenters. The maximum absolute atomic E-state index is 11.5. The second-order valence-electron chi connectivity index (χ2n) is 6.34. The Kier molecular flexibility index (Phi) is 7.02. The van der Waals surface area contributed by atoms with Crippen molar-refractivity contribution < 1.29 is 23.7 Å². The molecular formula is C22H24O5. The molecule has 0 amide bonds. The number of hydrogen-bond donors (Lipinski definition) is 0. The lowest BCUT2D eigenvalue weighted by Gasteiger charge is -2.34. The number of rotatable bonds is 8. The van der Waals surface area contributed by atoms with E-state index in [9.17, 15) is 4.79 Å². The monoisotopic (exact) mass is 368 g/mol. The molecule has 0 bridgehead atoms. The van der Waals surface area contributed by atoms with E-state index in [1.54, 1.807) is 12.3 Å². The van der Waals surface area contributed by atoms with E-state index in [1.807, 2.05) is 60.7 Å². The van der Waals surface area contributed by atoms with Gasteiger partial charge in [0.25, 0.3) is 0 Å². The Morgan fingerprint density at radius 3 is 2.22 bits per heavy atom. The molecular weight excluding hydrogens is 344 g/mol. The first-order valence-electron chi connectivity index (χ1n) is 8.99. The summed E-state index contributed by atoms with van der Waals surface area (Å²) in [6, 6.07) is 19.8. The van der Waals surface area contributed by atoms with Gasteiger partial charge >= 0.3 is 5.97 Å². The summed E-state index contributed by atoms with van der Waals surface area (Å²) in [6.45, 7) is 2.60. The third-order valence-electron chi connectivity index (χ3n) is 4.19. The Hall–Kier alpha value is -2.63. The normalized spacial score (nSPS) is 21.4. The Labute approximate surface area is 159 Å². The third-order valence-corrected chi connectivity index (χ3v) is 4.19. The fourth-order valence-electron chi connectivity index (χ4n) is 2.89. The molecule has 1 heterocycles. The average Bonchev–Trinajstić information content (AvgIpc) is 2.68. The predicted molar refractivity (Wildman–Crippen MR) is 101 cm³/mol. The van der Waals surface area contributed by atoms with Gasteiger partial charge in [0, 0.05) is 6.92 Å². The molecule has 1 aliphatic rings. The van der Waals surface area contributed by atoms with Gasteiger partial charge in [-0.1, -0.05) is 60.7 Å². The topological polar surface area (TPSA) is 54.0 Å². The SMILES string of the molecule is CC(=O)O[C@@H]1C=CO[C@H](COCc2ccccc2)[C@H]1OCc1ccccc1. The molecule has 2 aromatic carbocycles. The van der Waals surface area contributed by atoms with Crippen molar-refractivity contribution >= 4 is 5.97 Å². The van der Waals surface area contributed by atoms with Crippen LogP contribution >= 0.6 is 0 Å². The van der Waals surface area contributed by atoms with Crippen LogP contribution < -0.4 is 0 Å². The van der Waals surface area contributed by atoms with E-state index >= 15 is 0 Å². The minimum Gasteiger partial charge on any atom is -0.493 e. The first kappa shape index (κ1) is 19.1. The molecule has 2 aromatic rings. The Morgan fingerprint density at radius 2 is 1.59 bits per heavy atom. The molecule has 5 nitrogen and oxygen atoms in total. The van der Waals surface area contributed by atoms with Crippen LogP contribution in [0.25, 0.3) is 0 Å². The van der Waals surface area contributed by atoms with Crippen molar-refractivity contribution in [1.29, 1.82) is 0 Å². The molecule has 142 valence electrons. The largest absolute Gasteiger partial charge is 0.493 e. The molecule has 0 saturated heterocycles. The summed E-state index contributed by atoms with van der Waals surface area (Å²) < 4.78 is 23.0. The number of benzene rings is 2. The van der Waals surface area contributed by atoms with E-state index in [0.717, 1.165) is 11.1 Å². The van der Waals surface area contributed by atoms with Crippen molar-refractivity contribution in [3.8, 4) is 0 Å². The second-order valence-corrected chi connectivity index (χ2v) is 6.34. The zero-order valence-electron chi connectivity index (χ0n) is 15.3. The van der Waals surface area contributed by atoms with Crippen molar-refractivity contribution in [2.75, 3.05) is 6.61 Å². The fourth-order valence-corrected chi connectivity index (χ4v) is 2.89. The smallest absolute Gasteiger partial charge is 0.303 e. The highest BCUT2D eigenvalue weighted by molar-refractivity contribution is 5.66. The first-order valence-corrected chi connectivity index (χ1v) is 8.99. The maximum atomic E-state index is 11.5. The maximum Gasteiger partial charge on any atom is 0.303 e. The number of ether oxygens (including phenoxy) is 4. The van der Waals surface area contributed by atoms with Gasteiger partial charge in [-0.25, -0.2) is 0 Å². The van der Waals surface area contributed by atoms with Gasteiger partial charge in [-0.15, -0.1) is 0 Å². The minimum absolute atomic E-state index is 0.330. The summed E-state index contributed by atoms with van der Waals surface area (Å²) in [5, 5.41) is 0. The Morgan fingerprint density at radius 1 is 0.963 bits per heavy atom. The molecule has 0 aromatic heterocycles. The summed E-state index contributed by atoms with van der Waals surface area (Å²) in [6.07, 6.45) is 1.92. The molecule has 0 fully saturated rings. The number of carbonyl (C=O) groups excluding carboxylic acids is 1. The van der Waals surface area contributed by atoms with Gasteiger partial charge in [0.15, 0.2) is 12.2 Å². The quantitative estimate of drug-likeness (QED) is 0.666. The van der Waals surface area contributed by atoms with Crippen LogP contribution in [-0.4, -0.2) is 30.9 Å². The number of esters is 1. The highest BCUT2D eigenvalue weighted by Crippen LogP contribution is 2.21. The molecule has 0 spiro atoms. The Balaban J connectivity index is 1.61. The van der Waals surface area contributed by atoms with E-state index in [-0.39, 0.29) is 12.1 Å². The standard InChI is InChI=1S/C22H24O5/c1-17(23)27-20-12-13-25-21(16-24-14-18-8-4-2-5-9-18)22(20)26-15-19-10-6-3-7-11-19/h2-13,20-22H,14-16H2,1H3/t20-,21-,22+/m1/s1. The van der Waals surface area contributed by atoms with Crippen LogP contribution in [0.3, 0.4) is 0 Å². The van der Waals surface area contributed by atoms with Crippen LogP contribution in [0.4, 0.5) is 0 Å². The van der Waals surface area contributed by atoms with E-state index in [0.29, 0.717) is 19.8 Å². The van der Waals surface area contributed by atoms with Crippen molar-refractivity contribution in [1.82, 2.24) is 0 Å². The lowest BCUT2D eigenvalue weighted by atomic mass is 10.1. The van der Waals surface area contributed by atoms with E-state index < -0.39 is 12.2 Å². The van der Waals surface area contributed by atoms with Crippen molar-refractivity contribution in [2.24, 2.45) is 0 Å². The van der Waals surface area contributed by atoms with Gasteiger partial charge in [0.05, 0.1) is 26.1 Å².